The number of hydrogen-bond donors (Lipinski definition) is 2. The highest BCUT2D eigenvalue weighted by atomic mass is 32.1. The fraction of sp³-hybridized carbons (Fsp3) is 0.556. The molecule has 0 aliphatic heterocycles. The van der Waals surface area contributed by atoms with Crippen LogP contribution in [0.25, 0.3) is 0 Å². The maximum Gasteiger partial charge on any atom is 0.304 e. The van der Waals surface area contributed by atoms with Crippen LogP contribution in [0.15, 0.2) is 10.9 Å². The average Bonchev–Trinajstić information content (AvgIpc) is 2.65. The van der Waals surface area contributed by atoms with Gasteiger partial charge in [-0.1, -0.05) is 6.92 Å². The first-order valence-electron chi connectivity index (χ1n) is 4.50. The van der Waals surface area contributed by atoms with E-state index in [2.05, 4.69) is 4.98 Å². The molecule has 0 saturated heterocycles. The van der Waals surface area contributed by atoms with Gasteiger partial charge < -0.3 is 10.8 Å². The van der Waals surface area contributed by atoms with E-state index < -0.39 is 5.97 Å². The van der Waals surface area contributed by atoms with Gasteiger partial charge >= 0.3 is 5.97 Å². The number of aromatic nitrogens is 1. The minimum Gasteiger partial charge on any atom is -0.481 e. The molecule has 14 heavy (non-hydrogen) atoms. The van der Waals surface area contributed by atoms with E-state index in [-0.39, 0.29) is 18.4 Å². The van der Waals surface area contributed by atoms with Gasteiger partial charge in [-0.3, -0.25) is 4.79 Å². The summed E-state index contributed by atoms with van der Waals surface area (Å²) in [6.45, 7) is 1.95. The largest absolute Gasteiger partial charge is 0.481 e. The zero-order valence-electron chi connectivity index (χ0n) is 8.01. The highest BCUT2D eigenvalue weighted by Crippen LogP contribution is 2.23. The van der Waals surface area contributed by atoms with Crippen LogP contribution in [0.2, 0.25) is 0 Å². The molecule has 5 heteroatoms. The van der Waals surface area contributed by atoms with Gasteiger partial charge in [-0.2, -0.15) is 0 Å². The molecule has 0 saturated carbocycles. The minimum atomic E-state index is -0.827. The van der Waals surface area contributed by atoms with Crippen LogP contribution in [0.4, 0.5) is 0 Å². The van der Waals surface area contributed by atoms with E-state index >= 15 is 0 Å². The first kappa shape index (κ1) is 11.1. The Morgan fingerprint density at radius 1 is 1.79 bits per heavy atom. The minimum absolute atomic E-state index is 0.0543. The van der Waals surface area contributed by atoms with Crippen LogP contribution >= 0.6 is 11.3 Å². The Morgan fingerprint density at radius 2 is 2.50 bits per heavy atom. The number of thiazole rings is 1. The lowest BCUT2D eigenvalue weighted by Gasteiger charge is -2.18. The standard InChI is InChI=1S/C9H14N2O2S/c1-2-7(10)6(3-9(12)13)8-4-14-5-11-8/h4-7H,2-3,10H2,1H3,(H,12,13). The Labute approximate surface area is 86.8 Å². The van der Waals surface area contributed by atoms with Gasteiger partial charge in [0.2, 0.25) is 0 Å². The molecule has 0 bridgehead atoms. The van der Waals surface area contributed by atoms with Gasteiger partial charge in [-0.05, 0) is 6.42 Å². The Kier molecular flexibility index (Phi) is 4.03. The van der Waals surface area contributed by atoms with Gasteiger partial charge in [0.15, 0.2) is 0 Å². The molecule has 1 aromatic heterocycles. The summed E-state index contributed by atoms with van der Waals surface area (Å²) in [5.41, 5.74) is 8.36. The summed E-state index contributed by atoms with van der Waals surface area (Å²) in [5.74, 6) is -0.990. The second-order valence-electron chi connectivity index (χ2n) is 3.19. The fourth-order valence-electron chi connectivity index (χ4n) is 1.35. The maximum atomic E-state index is 10.6. The lowest BCUT2D eigenvalue weighted by Crippen LogP contribution is -2.29. The molecule has 0 aromatic carbocycles. The number of carboxylic acids is 1. The highest BCUT2D eigenvalue weighted by molar-refractivity contribution is 7.07. The molecule has 1 heterocycles. The van der Waals surface area contributed by atoms with E-state index in [1.165, 1.54) is 11.3 Å². The molecule has 0 fully saturated rings. The fourth-order valence-corrected chi connectivity index (χ4v) is 1.97. The number of hydrogen-bond acceptors (Lipinski definition) is 4. The number of carbonyl (C=O) groups is 1. The lowest BCUT2D eigenvalue weighted by atomic mass is 9.92. The number of aliphatic carboxylic acids is 1. The highest BCUT2D eigenvalue weighted by Gasteiger charge is 2.22. The normalized spacial score (nSPS) is 15.0. The van der Waals surface area contributed by atoms with E-state index in [1.54, 1.807) is 5.51 Å². The van der Waals surface area contributed by atoms with Crippen molar-refractivity contribution in [1.82, 2.24) is 4.98 Å². The van der Waals surface area contributed by atoms with Gasteiger partial charge in [0.05, 0.1) is 17.6 Å². The number of carboxylic acid groups (broad SMARTS) is 1. The molecule has 1 rings (SSSR count). The van der Waals surface area contributed by atoms with Gasteiger partial charge in [-0.25, -0.2) is 4.98 Å². The predicted molar refractivity (Wildman–Crippen MR) is 55.4 cm³/mol. The molecule has 3 N–H and O–H groups in total. The van der Waals surface area contributed by atoms with Gasteiger partial charge in [0.1, 0.15) is 0 Å². The smallest absolute Gasteiger partial charge is 0.304 e. The Balaban J connectivity index is 2.77. The molecule has 0 radical (unpaired) electrons. The molecule has 1 aromatic rings. The number of nitrogens with two attached hydrogens (primary N) is 1. The van der Waals surface area contributed by atoms with E-state index in [1.807, 2.05) is 12.3 Å². The number of nitrogens with zero attached hydrogens (tertiary/aromatic N) is 1. The first-order chi connectivity index (χ1) is 6.65. The Morgan fingerprint density at radius 3 is 2.93 bits per heavy atom. The van der Waals surface area contributed by atoms with E-state index in [0.717, 1.165) is 12.1 Å². The quantitative estimate of drug-likeness (QED) is 0.777. The van der Waals surface area contributed by atoms with E-state index in [0.29, 0.717) is 0 Å². The number of rotatable bonds is 5. The Bertz CT molecular complexity index is 287. The lowest BCUT2D eigenvalue weighted by molar-refractivity contribution is -0.137. The maximum absolute atomic E-state index is 10.6. The second kappa shape index (κ2) is 5.07. The summed E-state index contributed by atoms with van der Waals surface area (Å²) in [5, 5.41) is 10.6. The van der Waals surface area contributed by atoms with Crippen molar-refractivity contribution in [1.29, 1.82) is 0 Å². The SMILES string of the molecule is CCC(N)C(CC(=O)O)c1cscn1. The van der Waals surface area contributed by atoms with Crippen molar-refractivity contribution in [3.8, 4) is 0 Å². The molecular weight excluding hydrogens is 200 g/mol. The Hall–Kier alpha value is -0.940. The summed E-state index contributed by atoms with van der Waals surface area (Å²) >= 11 is 1.46. The van der Waals surface area contributed by atoms with Gasteiger partial charge in [-0.15, -0.1) is 11.3 Å². The summed E-state index contributed by atoms with van der Waals surface area (Å²) in [6.07, 6.45) is 0.814. The predicted octanol–water partition coefficient (Wildman–Crippen LogP) is 1.44. The molecule has 2 unspecified atom stereocenters. The average molecular weight is 214 g/mol. The van der Waals surface area contributed by atoms with E-state index in [4.69, 9.17) is 10.8 Å². The molecule has 0 spiro atoms. The summed E-state index contributed by atoms with van der Waals surface area (Å²) in [4.78, 5) is 14.8. The van der Waals surface area contributed by atoms with Crippen LogP contribution in [0.1, 0.15) is 31.4 Å². The summed E-state index contributed by atoms with van der Waals surface area (Å²) < 4.78 is 0. The van der Waals surface area contributed by atoms with Crippen molar-refractivity contribution in [3.05, 3.63) is 16.6 Å². The van der Waals surface area contributed by atoms with Crippen LogP contribution in [0.3, 0.4) is 0 Å². The molecule has 2 atom stereocenters. The first-order valence-corrected chi connectivity index (χ1v) is 5.44. The monoisotopic (exact) mass is 214 g/mol. The van der Waals surface area contributed by atoms with Crippen LogP contribution in [0.5, 0.6) is 0 Å². The summed E-state index contributed by atoms with van der Waals surface area (Å²) in [6, 6.07) is -0.131. The van der Waals surface area contributed by atoms with Crippen molar-refractivity contribution >= 4 is 17.3 Å². The van der Waals surface area contributed by atoms with Crippen molar-refractivity contribution in [3.63, 3.8) is 0 Å². The molecule has 0 aliphatic carbocycles. The third-order valence-corrected chi connectivity index (χ3v) is 2.82. The third kappa shape index (κ3) is 2.78. The molecule has 4 nitrogen and oxygen atoms in total. The van der Waals surface area contributed by atoms with Crippen LogP contribution in [-0.4, -0.2) is 22.1 Å². The molecule has 78 valence electrons. The zero-order valence-corrected chi connectivity index (χ0v) is 8.83. The van der Waals surface area contributed by atoms with Crippen molar-refractivity contribution < 1.29 is 9.90 Å². The van der Waals surface area contributed by atoms with Gasteiger partial charge in [0.25, 0.3) is 0 Å². The second-order valence-corrected chi connectivity index (χ2v) is 3.91. The van der Waals surface area contributed by atoms with Crippen LogP contribution in [0, 0.1) is 0 Å². The van der Waals surface area contributed by atoms with Crippen molar-refractivity contribution in [2.24, 2.45) is 5.73 Å². The van der Waals surface area contributed by atoms with Crippen LogP contribution in [-0.2, 0) is 4.79 Å². The third-order valence-electron chi connectivity index (χ3n) is 2.21. The molecular formula is C9H14N2O2S. The van der Waals surface area contributed by atoms with Crippen LogP contribution < -0.4 is 5.73 Å². The molecule has 0 amide bonds. The van der Waals surface area contributed by atoms with Crippen molar-refractivity contribution in [2.45, 2.75) is 31.7 Å². The summed E-state index contributed by atoms with van der Waals surface area (Å²) in [7, 11) is 0. The van der Waals surface area contributed by atoms with Crippen molar-refractivity contribution in [2.75, 3.05) is 0 Å². The molecule has 0 aliphatic rings. The van der Waals surface area contributed by atoms with E-state index in [9.17, 15) is 4.79 Å². The van der Waals surface area contributed by atoms with Gasteiger partial charge in [0, 0.05) is 17.3 Å². The zero-order chi connectivity index (χ0) is 10.6. The topological polar surface area (TPSA) is 76.2 Å².